The van der Waals surface area contributed by atoms with Crippen LogP contribution < -0.4 is 10.6 Å². The van der Waals surface area contributed by atoms with Crippen molar-refractivity contribution in [3.63, 3.8) is 0 Å². The third kappa shape index (κ3) is 4.71. The summed E-state index contributed by atoms with van der Waals surface area (Å²) in [6.45, 7) is 3.06. The first-order valence-electron chi connectivity index (χ1n) is 6.45. The van der Waals surface area contributed by atoms with E-state index in [1.807, 2.05) is 12.1 Å². The zero-order valence-electron chi connectivity index (χ0n) is 10.4. The van der Waals surface area contributed by atoms with Gasteiger partial charge in [0.15, 0.2) is 0 Å². The van der Waals surface area contributed by atoms with Crippen LogP contribution in [-0.4, -0.2) is 25.5 Å². The lowest BCUT2D eigenvalue weighted by Gasteiger charge is -2.22. The molecule has 2 rings (SSSR count). The third-order valence-corrected chi connectivity index (χ3v) is 4.86. The van der Waals surface area contributed by atoms with Gasteiger partial charge in [-0.3, -0.25) is 4.79 Å². The zero-order valence-corrected chi connectivity index (χ0v) is 12.8. The summed E-state index contributed by atoms with van der Waals surface area (Å²) in [5.74, 6) is 0.864. The molecule has 1 aliphatic heterocycles. The van der Waals surface area contributed by atoms with Gasteiger partial charge in [0, 0.05) is 11.4 Å². The predicted molar refractivity (Wildman–Crippen MR) is 78.9 cm³/mol. The first kappa shape index (κ1) is 14.0. The molecule has 1 saturated heterocycles. The number of halogens is 1. The number of hydrogen-bond acceptors (Lipinski definition) is 3. The summed E-state index contributed by atoms with van der Waals surface area (Å²) in [7, 11) is 0. The summed E-state index contributed by atoms with van der Waals surface area (Å²) in [5.41, 5.74) is 0. The molecule has 100 valence electrons. The van der Waals surface area contributed by atoms with Gasteiger partial charge < -0.3 is 10.6 Å². The lowest BCUT2D eigenvalue weighted by atomic mass is 9.96. The highest BCUT2D eigenvalue weighted by Gasteiger charge is 2.13. The second kappa shape index (κ2) is 7.26. The lowest BCUT2D eigenvalue weighted by Crippen LogP contribution is -2.33. The normalized spacial score (nSPS) is 19.7. The topological polar surface area (TPSA) is 41.1 Å². The molecule has 2 heterocycles. The van der Waals surface area contributed by atoms with Crippen LogP contribution in [-0.2, 0) is 11.2 Å². The van der Waals surface area contributed by atoms with Crippen LogP contribution in [0.2, 0.25) is 0 Å². The summed E-state index contributed by atoms with van der Waals surface area (Å²) in [5, 5.41) is 6.41. The van der Waals surface area contributed by atoms with Crippen LogP contribution in [0.5, 0.6) is 0 Å². The molecule has 0 aromatic carbocycles. The van der Waals surface area contributed by atoms with E-state index in [1.54, 1.807) is 11.3 Å². The molecule has 1 aliphatic rings. The third-order valence-electron chi connectivity index (χ3n) is 3.24. The van der Waals surface area contributed by atoms with E-state index in [0.717, 1.165) is 40.6 Å². The van der Waals surface area contributed by atoms with Gasteiger partial charge in [0.25, 0.3) is 0 Å². The Hall–Kier alpha value is -0.390. The van der Waals surface area contributed by atoms with Gasteiger partial charge in [0.1, 0.15) is 0 Å². The van der Waals surface area contributed by atoms with Gasteiger partial charge in [0.05, 0.1) is 10.2 Å². The second-order valence-electron chi connectivity index (χ2n) is 4.73. The summed E-state index contributed by atoms with van der Waals surface area (Å²) < 4.78 is 1.08. The monoisotopic (exact) mass is 330 g/mol. The Kier molecular flexibility index (Phi) is 5.66. The minimum Gasteiger partial charge on any atom is -0.356 e. The molecule has 0 aliphatic carbocycles. The number of amides is 1. The Balaban J connectivity index is 1.62. The fourth-order valence-corrected chi connectivity index (χ4v) is 3.74. The maximum absolute atomic E-state index is 11.7. The van der Waals surface area contributed by atoms with Gasteiger partial charge >= 0.3 is 0 Å². The van der Waals surface area contributed by atoms with E-state index in [2.05, 4.69) is 26.6 Å². The average molecular weight is 331 g/mol. The van der Waals surface area contributed by atoms with Crippen molar-refractivity contribution in [3.8, 4) is 0 Å². The Morgan fingerprint density at radius 1 is 1.56 bits per heavy atom. The van der Waals surface area contributed by atoms with Gasteiger partial charge in [-0.25, -0.2) is 0 Å². The molecule has 0 spiro atoms. The fourth-order valence-electron chi connectivity index (χ4n) is 2.25. The van der Waals surface area contributed by atoms with E-state index in [-0.39, 0.29) is 5.91 Å². The van der Waals surface area contributed by atoms with E-state index in [1.165, 1.54) is 12.8 Å². The van der Waals surface area contributed by atoms with Crippen LogP contribution in [0.25, 0.3) is 0 Å². The molecular formula is C13H19BrN2OS. The van der Waals surface area contributed by atoms with E-state index >= 15 is 0 Å². The van der Waals surface area contributed by atoms with Crippen LogP contribution in [0, 0.1) is 5.92 Å². The Morgan fingerprint density at radius 3 is 3.11 bits per heavy atom. The largest absolute Gasteiger partial charge is 0.356 e. The van der Waals surface area contributed by atoms with E-state index in [0.29, 0.717) is 6.42 Å². The van der Waals surface area contributed by atoms with Crippen molar-refractivity contribution >= 4 is 33.2 Å². The lowest BCUT2D eigenvalue weighted by molar-refractivity contribution is -0.120. The number of hydrogen-bond donors (Lipinski definition) is 2. The SMILES string of the molecule is O=C(Cc1ccc(Br)s1)NCCC1CCCNC1. The van der Waals surface area contributed by atoms with E-state index < -0.39 is 0 Å². The smallest absolute Gasteiger partial charge is 0.225 e. The molecule has 3 nitrogen and oxygen atoms in total. The molecule has 1 aromatic heterocycles. The van der Waals surface area contributed by atoms with Crippen molar-refractivity contribution in [1.29, 1.82) is 0 Å². The second-order valence-corrected chi connectivity index (χ2v) is 7.28. The van der Waals surface area contributed by atoms with E-state index in [9.17, 15) is 4.79 Å². The predicted octanol–water partition coefficient (Wildman–Crippen LogP) is 2.56. The van der Waals surface area contributed by atoms with Crippen LogP contribution in [0.3, 0.4) is 0 Å². The summed E-state index contributed by atoms with van der Waals surface area (Å²) in [6, 6.07) is 3.99. The summed E-state index contributed by atoms with van der Waals surface area (Å²) >= 11 is 5.03. The van der Waals surface area contributed by atoms with Gasteiger partial charge in [-0.15, -0.1) is 11.3 Å². The molecule has 1 fully saturated rings. The minimum atomic E-state index is 0.133. The van der Waals surface area contributed by atoms with Gasteiger partial charge in [-0.2, -0.15) is 0 Å². The van der Waals surface area contributed by atoms with Crippen molar-refractivity contribution in [2.75, 3.05) is 19.6 Å². The molecule has 1 atom stereocenters. The minimum absolute atomic E-state index is 0.133. The first-order chi connectivity index (χ1) is 8.74. The molecular weight excluding hydrogens is 312 g/mol. The average Bonchev–Trinajstić information content (AvgIpc) is 2.76. The molecule has 1 unspecified atom stereocenters. The quantitative estimate of drug-likeness (QED) is 0.871. The summed E-state index contributed by atoms with van der Waals surface area (Å²) in [6.07, 6.45) is 4.15. The highest BCUT2D eigenvalue weighted by molar-refractivity contribution is 9.11. The highest BCUT2D eigenvalue weighted by Crippen LogP contribution is 2.22. The van der Waals surface area contributed by atoms with Crippen molar-refractivity contribution in [2.45, 2.75) is 25.7 Å². The fraction of sp³-hybridized carbons (Fsp3) is 0.615. The molecule has 1 amide bonds. The van der Waals surface area contributed by atoms with Crippen molar-refractivity contribution in [1.82, 2.24) is 10.6 Å². The van der Waals surface area contributed by atoms with Gasteiger partial charge in [0.2, 0.25) is 5.91 Å². The first-order valence-corrected chi connectivity index (χ1v) is 8.06. The number of carbonyl (C=O) groups excluding carboxylic acids is 1. The van der Waals surface area contributed by atoms with Crippen LogP contribution in [0.4, 0.5) is 0 Å². The number of rotatable bonds is 5. The molecule has 0 radical (unpaired) electrons. The van der Waals surface area contributed by atoms with Crippen LogP contribution >= 0.6 is 27.3 Å². The van der Waals surface area contributed by atoms with Crippen molar-refractivity contribution < 1.29 is 4.79 Å². The van der Waals surface area contributed by atoms with Gasteiger partial charge in [-0.1, -0.05) is 0 Å². The zero-order chi connectivity index (χ0) is 12.8. The number of carbonyl (C=O) groups is 1. The van der Waals surface area contributed by atoms with Gasteiger partial charge in [-0.05, 0) is 66.3 Å². The highest BCUT2D eigenvalue weighted by atomic mass is 79.9. The Labute approximate surface area is 120 Å². The molecule has 18 heavy (non-hydrogen) atoms. The molecule has 2 N–H and O–H groups in total. The number of piperidine rings is 1. The number of thiophene rings is 1. The maximum atomic E-state index is 11.7. The van der Waals surface area contributed by atoms with Crippen molar-refractivity contribution in [3.05, 3.63) is 20.8 Å². The van der Waals surface area contributed by atoms with Crippen molar-refractivity contribution in [2.24, 2.45) is 5.92 Å². The molecule has 0 saturated carbocycles. The Bertz CT molecular complexity index is 388. The van der Waals surface area contributed by atoms with Crippen LogP contribution in [0.1, 0.15) is 24.1 Å². The summed E-state index contributed by atoms with van der Waals surface area (Å²) in [4.78, 5) is 12.8. The van der Waals surface area contributed by atoms with Crippen LogP contribution in [0.15, 0.2) is 15.9 Å². The number of nitrogens with one attached hydrogen (secondary N) is 2. The Morgan fingerprint density at radius 2 is 2.44 bits per heavy atom. The molecule has 1 aromatic rings. The molecule has 5 heteroatoms. The van der Waals surface area contributed by atoms with E-state index in [4.69, 9.17) is 0 Å². The maximum Gasteiger partial charge on any atom is 0.225 e. The standard InChI is InChI=1S/C13H19BrN2OS/c14-12-4-3-11(18-12)8-13(17)16-7-5-10-2-1-6-15-9-10/h3-4,10,15H,1-2,5-9H2,(H,16,17). The molecule has 0 bridgehead atoms.